The van der Waals surface area contributed by atoms with Crippen molar-refractivity contribution in [1.82, 2.24) is 0 Å². The Bertz CT molecular complexity index is 834. The Morgan fingerprint density at radius 3 is 2.48 bits per heavy atom. The highest BCUT2D eigenvalue weighted by Gasteiger charge is 2.30. The third-order valence-corrected chi connectivity index (χ3v) is 3.31. The molecule has 4 nitrogen and oxygen atoms in total. The van der Waals surface area contributed by atoms with Crippen LogP contribution < -0.4 is 14.8 Å². The van der Waals surface area contributed by atoms with Crippen LogP contribution in [-0.2, 0) is 11.0 Å². The molecule has 27 heavy (non-hydrogen) atoms. The zero-order valence-electron chi connectivity index (χ0n) is 13.9. The monoisotopic (exact) mass is 387 g/mol. The van der Waals surface area contributed by atoms with E-state index in [1.54, 1.807) is 0 Å². The Labute approximate surface area is 151 Å². The second-order valence-electron chi connectivity index (χ2n) is 5.16. The van der Waals surface area contributed by atoms with Crippen molar-refractivity contribution >= 4 is 17.7 Å². The molecule has 0 heterocycles. The molecule has 0 unspecified atom stereocenters. The molecular weight excluding hydrogens is 373 g/mol. The summed E-state index contributed by atoms with van der Waals surface area (Å²) in [5.74, 6) is -0.978. The number of anilines is 1. The van der Waals surface area contributed by atoms with Gasteiger partial charge in [-0.2, -0.15) is 22.0 Å². The standard InChI is InChI=1S/C18H14F5NO3/c1-26-14-7-2-4-11(16(14)27-17(19)20)8-9-15(25)24-13-6-3-5-12(10-13)18(21,22)23/h2-10,17H,1H3,(H,24,25)/b9-8+. The zero-order valence-corrected chi connectivity index (χ0v) is 13.9. The van der Waals surface area contributed by atoms with E-state index >= 15 is 0 Å². The molecule has 144 valence electrons. The number of halogens is 5. The summed E-state index contributed by atoms with van der Waals surface area (Å²) < 4.78 is 72.5. The molecule has 0 spiro atoms. The first-order valence-electron chi connectivity index (χ1n) is 7.49. The maximum atomic E-state index is 12.7. The molecule has 0 atom stereocenters. The van der Waals surface area contributed by atoms with Gasteiger partial charge in [0.1, 0.15) is 0 Å². The van der Waals surface area contributed by atoms with Gasteiger partial charge >= 0.3 is 12.8 Å². The summed E-state index contributed by atoms with van der Waals surface area (Å²) in [6.07, 6.45) is -2.38. The number of hydrogen-bond acceptors (Lipinski definition) is 3. The summed E-state index contributed by atoms with van der Waals surface area (Å²) in [6.45, 7) is -3.10. The lowest BCUT2D eigenvalue weighted by Gasteiger charge is -2.12. The second kappa shape index (κ2) is 8.52. The number of ether oxygens (including phenoxy) is 2. The van der Waals surface area contributed by atoms with E-state index < -0.39 is 24.3 Å². The van der Waals surface area contributed by atoms with Gasteiger partial charge in [0.25, 0.3) is 0 Å². The maximum absolute atomic E-state index is 12.7. The van der Waals surface area contributed by atoms with E-state index in [1.807, 2.05) is 0 Å². The fourth-order valence-corrected chi connectivity index (χ4v) is 2.16. The molecule has 2 rings (SSSR count). The molecule has 0 saturated carbocycles. The number of rotatable bonds is 6. The van der Waals surface area contributed by atoms with E-state index in [2.05, 4.69) is 10.1 Å². The number of alkyl halides is 5. The fourth-order valence-electron chi connectivity index (χ4n) is 2.16. The molecule has 9 heteroatoms. The lowest BCUT2D eigenvalue weighted by Crippen LogP contribution is -2.10. The third-order valence-electron chi connectivity index (χ3n) is 3.31. The summed E-state index contributed by atoms with van der Waals surface area (Å²) in [5, 5.41) is 2.27. The molecule has 0 aliphatic rings. The highest BCUT2D eigenvalue weighted by Crippen LogP contribution is 2.33. The Hall–Kier alpha value is -3.10. The van der Waals surface area contributed by atoms with Crippen LogP contribution in [0.4, 0.5) is 27.6 Å². The normalized spacial score (nSPS) is 11.7. The smallest absolute Gasteiger partial charge is 0.416 e. The Balaban J connectivity index is 2.18. The van der Waals surface area contributed by atoms with Crippen molar-refractivity contribution in [2.45, 2.75) is 12.8 Å². The first-order valence-corrected chi connectivity index (χ1v) is 7.49. The van der Waals surface area contributed by atoms with Crippen molar-refractivity contribution in [2.24, 2.45) is 0 Å². The molecule has 1 amide bonds. The van der Waals surface area contributed by atoms with Crippen LogP contribution in [-0.4, -0.2) is 19.6 Å². The fraction of sp³-hybridized carbons (Fsp3) is 0.167. The van der Waals surface area contributed by atoms with Crippen molar-refractivity contribution in [3.8, 4) is 11.5 Å². The molecular formula is C18H14F5NO3. The number of carbonyl (C=O) groups is 1. The summed E-state index contributed by atoms with van der Waals surface area (Å²) in [6, 6.07) is 8.41. The molecule has 0 aliphatic heterocycles. The Morgan fingerprint density at radius 1 is 1.15 bits per heavy atom. The van der Waals surface area contributed by atoms with E-state index in [9.17, 15) is 26.7 Å². The van der Waals surface area contributed by atoms with E-state index in [4.69, 9.17) is 4.74 Å². The first-order chi connectivity index (χ1) is 12.7. The van der Waals surface area contributed by atoms with E-state index in [-0.39, 0.29) is 22.7 Å². The number of para-hydroxylation sites is 1. The van der Waals surface area contributed by atoms with Gasteiger partial charge in [0.05, 0.1) is 12.7 Å². The largest absolute Gasteiger partial charge is 0.493 e. The SMILES string of the molecule is COc1cccc(/C=C/C(=O)Nc2cccc(C(F)(F)F)c2)c1OC(F)F. The van der Waals surface area contributed by atoms with Gasteiger partial charge in [-0.25, -0.2) is 0 Å². The number of amides is 1. The summed E-state index contributed by atoms with van der Waals surface area (Å²) in [4.78, 5) is 11.9. The van der Waals surface area contributed by atoms with Crippen LogP contribution in [0.5, 0.6) is 11.5 Å². The van der Waals surface area contributed by atoms with Gasteiger partial charge in [0.15, 0.2) is 11.5 Å². The number of carbonyl (C=O) groups excluding carboxylic acids is 1. The van der Waals surface area contributed by atoms with Gasteiger partial charge in [-0.05, 0) is 30.3 Å². The molecule has 0 bridgehead atoms. The minimum Gasteiger partial charge on any atom is -0.493 e. The van der Waals surface area contributed by atoms with Gasteiger partial charge in [-0.15, -0.1) is 0 Å². The van der Waals surface area contributed by atoms with E-state index in [0.717, 1.165) is 24.3 Å². The highest BCUT2D eigenvalue weighted by atomic mass is 19.4. The Morgan fingerprint density at radius 2 is 1.85 bits per heavy atom. The average Bonchev–Trinajstić information content (AvgIpc) is 2.59. The molecule has 0 aromatic heterocycles. The van der Waals surface area contributed by atoms with Crippen molar-refractivity contribution < 1.29 is 36.2 Å². The zero-order chi connectivity index (χ0) is 20.0. The molecule has 2 aromatic carbocycles. The number of nitrogens with one attached hydrogen (secondary N) is 1. The molecule has 0 aliphatic carbocycles. The van der Waals surface area contributed by atoms with Crippen LogP contribution in [0.2, 0.25) is 0 Å². The third kappa shape index (κ3) is 5.70. The Kier molecular flexibility index (Phi) is 6.38. The first kappa shape index (κ1) is 20.2. The van der Waals surface area contributed by atoms with Crippen LogP contribution >= 0.6 is 0 Å². The van der Waals surface area contributed by atoms with Crippen molar-refractivity contribution in [3.63, 3.8) is 0 Å². The quantitative estimate of drug-likeness (QED) is 0.563. The van der Waals surface area contributed by atoms with Gasteiger partial charge < -0.3 is 14.8 Å². The second-order valence-corrected chi connectivity index (χ2v) is 5.16. The molecule has 2 aromatic rings. The van der Waals surface area contributed by atoms with Crippen LogP contribution in [0, 0.1) is 0 Å². The van der Waals surface area contributed by atoms with Gasteiger partial charge in [0, 0.05) is 17.3 Å². The van der Waals surface area contributed by atoms with Crippen molar-refractivity contribution in [1.29, 1.82) is 0 Å². The molecule has 0 radical (unpaired) electrons. The predicted molar refractivity (Wildman–Crippen MR) is 88.7 cm³/mol. The van der Waals surface area contributed by atoms with Gasteiger partial charge in [-0.3, -0.25) is 4.79 Å². The van der Waals surface area contributed by atoms with E-state index in [0.29, 0.717) is 0 Å². The molecule has 0 saturated heterocycles. The van der Waals surface area contributed by atoms with Crippen LogP contribution in [0.3, 0.4) is 0 Å². The van der Waals surface area contributed by atoms with Gasteiger partial charge in [-0.1, -0.05) is 18.2 Å². The maximum Gasteiger partial charge on any atom is 0.416 e. The lowest BCUT2D eigenvalue weighted by molar-refractivity contribution is -0.137. The molecule has 1 N–H and O–H groups in total. The number of benzene rings is 2. The highest BCUT2D eigenvalue weighted by molar-refractivity contribution is 6.02. The minimum atomic E-state index is -4.54. The van der Waals surface area contributed by atoms with Crippen LogP contribution in [0.1, 0.15) is 11.1 Å². The topological polar surface area (TPSA) is 47.6 Å². The van der Waals surface area contributed by atoms with E-state index in [1.165, 1.54) is 37.5 Å². The number of hydrogen-bond donors (Lipinski definition) is 1. The average molecular weight is 387 g/mol. The predicted octanol–water partition coefficient (Wildman–Crippen LogP) is 4.97. The summed E-state index contributed by atoms with van der Waals surface area (Å²) >= 11 is 0. The molecule has 0 fully saturated rings. The summed E-state index contributed by atoms with van der Waals surface area (Å²) in [5.41, 5.74) is -0.840. The lowest BCUT2D eigenvalue weighted by atomic mass is 10.1. The summed E-state index contributed by atoms with van der Waals surface area (Å²) in [7, 11) is 1.27. The van der Waals surface area contributed by atoms with Crippen LogP contribution in [0.15, 0.2) is 48.5 Å². The number of methoxy groups -OCH3 is 1. The van der Waals surface area contributed by atoms with Gasteiger partial charge in [0.2, 0.25) is 5.91 Å². The van der Waals surface area contributed by atoms with Crippen molar-refractivity contribution in [2.75, 3.05) is 12.4 Å². The van der Waals surface area contributed by atoms with Crippen LogP contribution in [0.25, 0.3) is 6.08 Å². The van der Waals surface area contributed by atoms with Crippen molar-refractivity contribution in [3.05, 3.63) is 59.7 Å². The minimum absolute atomic E-state index is 0.0377.